The fourth-order valence-electron chi connectivity index (χ4n) is 6.17. The summed E-state index contributed by atoms with van der Waals surface area (Å²) in [6.45, 7) is 2.29. The van der Waals surface area contributed by atoms with Crippen LogP contribution in [0.25, 0.3) is 0 Å². The Morgan fingerprint density at radius 3 is 2.79 bits per heavy atom. The van der Waals surface area contributed by atoms with Gasteiger partial charge in [0.25, 0.3) is 0 Å². The Balaban J connectivity index is 1.55. The summed E-state index contributed by atoms with van der Waals surface area (Å²) < 4.78 is 5.12. The molecule has 0 saturated heterocycles. The first-order valence-corrected chi connectivity index (χ1v) is 11.3. The molecule has 0 heterocycles. The number of carbonyl (C=O) groups excluding carboxylic acids is 1. The van der Waals surface area contributed by atoms with Crippen LogP contribution in [-0.2, 0) is 9.53 Å². The minimum atomic E-state index is -0.267. The van der Waals surface area contributed by atoms with Gasteiger partial charge in [-0.05, 0) is 68.6 Å². The second kappa shape index (κ2) is 10.1. The van der Waals surface area contributed by atoms with Crippen LogP contribution >= 0.6 is 0 Å². The Morgan fingerprint density at radius 1 is 1.29 bits per heavy atom. The Morgan fingerprint density at radius 2 is 2.11 bits per heavy atom. The molecule has 0 bridgehead atoms. The van der Waals surface area contributed by atoms with E-state index in [2.05, 4.69) is 13.0 Å². The molecule has 7 atom stereocenters. The molecule has 0 spiro atoms. The van der Waals surface area contributed by atoms with Crippen molar-refractivity contribution in [3.8, 4) is 0 Å². The van der Waals surface area contributed by atoms with E-state index in [0.717, 1.165) is 44.4 Å². The molecule has 3 unspecified atom stereocenters. The van der Waals surface area contributed by atoms with Crippen molar-refractivity contribution in [2.45, 2.75) is 70.8 Å². The van der Waals surface area contributed by atoms with Crippen molar-refractivity contribution >= 4 is 5.97 Å². The van der Waals surface area contributed by atoms with Gasteiger partial charge in [0.2, 0.25) is 0 Å². The predicted octanol–water partition coefficient (Wildman–Crippen LogP) is 4.26. The number of aliphatic hydroxyl groups is 2. The number of allylic oxidation sites excluding steroid dienone is 2. The molecule has 0 radical (unpaired) electrons. The van der Waals surface area contributed by atoms with Crippen LogP contribution in [0, 0.1) is 35.5 Å². The summed E-state index contributed by atoms with van der Waals surface area (Å²) in [6, 6.07) is 0. The van der Waals surface area contributed by atoms with Crippen molar-refractivity contribution in [2.24, 2.45) is 35.5 Å². The molecule has 3 aliphatic carbocycles. The lowest BCUT2D eigenvalue weighted by atomic mass is 9.85. The lowest BCUT2D eigenvalue weighted by molar-refractivity contribution is -0.147. The highest BCUT2D eigenvalue weighted by atomic mass is 16.5. The Hall–Kier alpha value is -1.13. The van der Waals surface area contributed by atoms with Crippen LogP contribution in [0.15, 0.2) is 23.8 Å². The van der Waals surface area contributed by atoms with Crippen LogP contribution < -0.4 is 0 Å². The normalized spacial score (nSPS) is 37.6. The third-order valence-corrected chi connectivity index (χ3v) is 7.72. The molecule has 3 aliphatic rings. The first kappa shape index (κ1) is 21.6. The van der Waals surface area contributed by atoms with Gasteiger partial charge in [0.1, 0.15) is 0 Å². The van der Waals surface area contributed by atoms with Gasteiger partial charge in [0, 0.05) is 5.92 Å². The molecule has 158 valence electrons. The zero-order valence-electron chi connectivity index (χ0n) is 17.6. The molecule has 0 aliphatic heterocycles. The third kappa shape index (κ3) is 4.88. The maximum atomic E-state index is 12.4. The largest absolute Gasteiger partial charge is 0.469 e. The molecule has 2 N–H and O–H groups in total. The van der Waals surface area contributed by atoms with Crippen LogP contribution in [0.2, 0.25) is 0 Å². The van der Waals surface area contributed by atoms with Crippen LogP contribution in [0.3, 0.4) is 0 Å². The van der Waals surface area contributed by atoms with Crippen molar-refractivity contribution in [1.82, 2.24) is 0 Å². The van der Waals surface area contributed by atoms with Gasteiger partial charge in [-0.2, -0.15) is 0 Å². The van der Waals surface area contributed by atoms with E-state index in [1.165, 1.54) is 31.9 Å². The topological polar surface area (TPSA) is 66.8 Å². The SMILES string of the molecule is CCC1CCC(C(CCC=C2C[C@@H]3C[C@@H](O)[C@H](C=CCO)[C@H]3C2)C(=O)OC)C1. The van der Waals surface area contributed by atoms with Gasteiger partial charge in [-0.1, -0.05) is 43.6 Å². The molecule has 4 heteroatoms. The van der Waals surface area contributed by atoms with Crippen molar-refractivity contribution in [1.29, 1.82) is 0 Å². The lowest BCUT2D eigenvalue weighted by Crippen LogP contribution is -2.23. The lowest BCUT2D eigenvalue weighted by Gasteiger charge is -2.21. The highest BCUT2D eigenvalue weighted by Gasteiger charge is 2.45. The second-order valence-electron chi connectivity index (χ2n) is 9.24. The standard InChI is InChI=1S/C24H38O4/c1-3-16-9-10-18(12-16)20(24(27)28-2)7-4-6-17-13-19-15-23(26)21(8-5-11-25)22(19)14-17/h5-6,8,16,18-23,25-26H,3-4,7,9-15H2,1-2H3/t16?,18?,19-,20?,21-,22+,23-/m1/s1. The highest BCUT2D eigenvalue weighted by molar-refractivity contribution is 5.72. The van der Waals surface area contributed by atoms with E-state index in [4.69, 9.17) is 9.84 Å². The van der Waals surface area contributed by atoms with Gasteiger partial charge >= 0.3 is 5.97 Å². The molecule has 3 fully saturated rings. The molecule has 0 aromatic carbocycles. The second-order valence-corrected chi connectivity index (χ2v) is 9.24. The van der Waals surface area contributed by atoms with Crippen molar-refractivity contribution in [2.75, 3.05) is 13.7 Å². The van der Waals surface area contributed by atoms with E-state index >= 15 is 0 Å². The number of aliphatic hydroxyl groups excluding tert-OH is 2. The number of hydrogen-bond acceptors (Lipinski definition) is 4. The number of rotatable bonds is 8. The van der Waals surface area contributed by atoms with Crippen LogP contribution in [0.5, 0.6) is 0 Å². The fourth-order valence-corrected chi connectivity index (χ4v) is 6.17. The van der Waals surface area contributed by atoms with Crippen molar-refractivity contribution < 1.29 is 19.7 Å². The van der Waals surface area contributed by atoms with Crippen molar-refractivity contribution in [3.05, 3.63) is 23.8 Å². The summed E-state index contributed by atoms with van der Waals surface area (Å²) in [4.78, 5) is 12.4. The first-order chi connectivity index (χ1) is 13.6. The van der Waals surface area contributed by atoms with Crippen LogP contribution in [-0.4, -0.2) is 36.0 Å². The fraction of sp³-hybridized carbons (Fsp3) is 0.792. The van der Waals surface area contributed by atoms with Gasteiger partial charge in [-0.15, -0.1) is 0 Å². The molecule has 0 aromatic rings. The van der Waals surface area contributed by atoms with Gasteiger partial charge in [-0.3, -0.25) is 4.79 Å². The number of esters is 1. The van der Waals surface area contributed by atoms with E-state index < -0.39 is 0 Å². The monoisotopic (exact) mass is 390 g/mol. The van der Waals surface area contributed by atoms with E-state index in [-0.39, 0.29) is 30.5 Å². The van der Waals surface area contributed by atoms with E-state index in [9.17, 15) is 9.90 Å². The number of carbonyl (C=O) groups is 1. The third-order valence-electron chi connectivity index (χ3n) is 7.72. The van der Waals surface area contributed by atoms with Gasteiger partial charge < -0.3 is 14.9 Å². The molecule has 3 saturated carbocycles. The summed E-state index contributed by atoms with van der Waals surface area (Å²) in [5.74, 6) is 2.52. The minimum Gasteiger partial charge on any atom is -0.469 e. The zero-order valence-corrected chi connectivity index (χ0v) is 17.6. The average Bonchev–Trinajstić information content (AvgIpc) is 3.38. The van der Waals surface area contributed by atoms with Crippen LogP contribution in [0.4, 0.5) is 0 Å². The Bertz CT molecular complexity index is 581. The summed E-state index contributed by atoms with van der Waals surface area (Å²) in [7, 11) is 1.52. The maximum absolute atomic E-state index is 12.4. The summed E-state index contributed by atoms with van der Waals surface area (Å²) >= 11 is 0. The molecule has 0 amide bonds. The molecule has 4 nitrogen and oxygen atoms in total. The summed E-state index contributed by atoms with van der Waals surface area (Å²) in [6.07, 6.45) is 15.5. The van der Waals surface area contributed by atoms with E-state index in [1.807, 2.05) is 6.08 Å². The van der Waals surface area contributed by atoms with Crippen molar-refractivity contribution in [3.63, 3.8) is 0 Å². The van der Waals surface area contributed by atoms with E-state index in [0.29, 0.717) is 17.8 Å². The molecular formula is C24H38O4. The van der Waals surface area contributed by atoms with Gasteiger partial charge in [0.15, 0.2) is 0 Å². The van der Waals surface area contributed by atoms with Crippen LogP contribution in [0.1, 0.15) is 64.7 Å². The number of ether oxygens (including phenoxy) is 1. The Labute approximate surface area is 170 Å². The highest BCUT2D eigenvalue weighted by Crippen LogP contribution is 2.50. The number of methoxy groups -OCH3 is 1. The first-order valence-electron chi connectivity index (χ1n) is 11.3. The molecular weight excluding hydrogens is 352 g/mol. The summed E-state index contributed by atoms with van der Waals surface area (Å²) in [5, 5.41) is 19.3. The predicted molar refractivity (Wildman–Crippen MR) is 110 cm³/mol. The Kier molecular flexibility index (Phi) is 7.76. The quantitative estimate of drug-likeness (QED) is 0.480. The average molecular weight is 391 g/mol. The summed E-state index contributed by atoms with van der Waals surface area (Å²) in [5.41, 5.74) is 1.49. The number of fused-ring (bicyclic) bond motifs is 1. The van der Waals surface area contributed by atoms with Gasteiger partial charge in [-0.25, -0.2) is 0 Å². The number of hydrogen-bond donors (Lipinski definition) is 2. The van der Waals surface area contributed by atoms with Gasteiger partial charge in [0.05, 0.1) is 25.7 Å². The minimum absolute atomic E-state index is 0.0271. The maximum Gasteiger partial charge on any atom is 0.308 e. The molecule has 28 heavy (non-hydrogen) atoms. The zero-order chi connectivity index (χ0) is 20.1. The smallest absolute Gasteiger partial charge is 0.308 e. The van der Waals surface area contributed by atoms with E-state index in [1.54, 1.807) is 6.08 Å². The molecule has 3 rings (SSSR count). The molecule has 0 aromatic heterocycles.